The Bertz CT molecular complexity index is 541. The van der Waals surface area contributed by atoms with E-state index in [4.69, 9.17) is 0 Å². The van der Waals surface area contributed by atoms with E-state index < -0.39 is 0 Å². The van der Waals surface area contributed by atoms with Gasteiger partial charge in [0.05, 0.1) is 0 Å². The summed E-state index contributed by atoms with van der Waals surface area (Å²) in [7, 11) is 1.74. The molecule has 5 nitrogen and oxygen atoms in total. The number of guanidine groups is 1. The maximum absolute atomic E-state index is 12.1. The van der Waals surface area contributed by atoms with Crippen LogP contribution in [-0.4, -0.2) is 50.0 Å². The molecule has 1 aromatic carbocycles. The van der Waals surface area contributed by atoms with Crippen LogP contribution in [0.2, 0.25) is 0 Å². The number of rotatable bonds is 7. The number of carbonyl (C=O) groups is 1. The first-order valence-electron chi connectivity index (χ1n) is 8.10. The molecule has 0 spiro atoms. The minimum Gasteiger partial charge on any atom is -0.356 e. The van der Waals surface area contributed by atoms with Crippen LogP contribution in [-0.2, 0) is 11.2 Å². The average Bonchev–Trinajstić information content (AvgIpc) is 2.94. The van der Waals surface area contributed by atoms with Crippen LogP contribution in [0.3, 0.4) is 0 Å². The van der Waals surface area contributed by atoms with Gasteiger partial charge in [-0.05, 0) is 12.0 Å². The van der Waals surface area contributed by atoms with E-state index in [1.54, 1.807) is 13.1 Å². The maximum atomic E-state index is 12.1. The molecule has 2 N–H and O–H groups in total. The van der Waals surface area contributed by atoms with Gasteiger partial charge in [0.15, 0.2) is 5.96 Å². The third kappa shape index (κ3) is 5.43. The van der Waals surface area contributed by atoms with Gasteiger partial charge in [-0.2, -0.15) is 0 Å². The Hall–Kier alpha value is -2.30. The van der Waals surface area contributed by atoms with Gasteiger partial charge in [-0.15, -0.1) is 6.58 Å². The van der Waals surface area contributed by atoms with Crippen molar-refractivity contribution in [3.63, 3.8) is 0 Å². The Balaban J connectivity index is 1.75. The van der Waals surface area contributed by atoms with E-state index in [2.05, 4.69) is 34.3 Å². The van der Waals surface area contributed by atoms with Gasteiger partial charge in [0.25, 0.3) is 0 Å². The minimum atomic E-state index is 0.252. The van der Waals surface area contributed by atoms with E-state index in [1.165, 1.54) is 5.56 Å². The van der Waals surface area contributed by atoms with E-state index in [9.17, 15) is 4.79 Å². The van der Waals surface area contributed by atoms with Crippen LogP contribution in [0.5, 0.6) is 0 Å². The van der Waals surface area contributed by atoms with Gasteiger partial charge in [-0.1, -0.05) is 36.4 Å². The monoisotopic (exact) mass is 314 g/mol. The first-order valence-corrected chi connectivity index (χ1v) is 8.10. The predicted molar refractivity (Wildman–Crippen MR) is 94.4 cm³/mol. The lowest BCUT2D eigenvalue weighted by Crippen LogP contribution is -2.40. The maximum Gasteiger partial charge on any atom is 0.223 e. The fraction of sp³-hybridized carbons (Fsp3) is 0.444. The number of benzene rings is 1. The molecule has 0 saturated carbocycles. The zero-order chi connectivity index (χ0) is 16.5. The Kier molecular flexibility index (Phi) is 6.66. The van der Waals surface area contributed by atoms with Crippen LogP contribution in [0.25, 0.3) is 0 Å². The zero-order valence-electron chi connectivity index (χ0n) is 13.8. The van der Waals surface area contributed by atoms with Gasteiger partial charge in [-0.3, -0.25) is 9.79 Å². The van der Waals surface area contributed by atoms with E-state index in [0.717, 1.165) is 32.0 Å². The molecule has 1 atom stereocenters. The molecular formula is C18H26N4O. The second-order valence-electron chi connectivity index (χ2n) is 5.77. The lowest BCUT2D eigenvalue weighted by Gasteiger charge is -2.17. The molecule has 124 valence electrons. The molecule has 1 aliphatic heterocycles. The summed E-state index contributed by atoms with van der Waals surface area (Å²) in [4.78, 5) is 18.3. The van der Waals surface area contributed by atoms with E-state index >= 15 is 0 Å². The highest BCUT2D eigenvalue weighted by molar-refractivity contribution is 5.80. The van der Waals surface area contributed by atoms with Crippen LogP contribution >= 0.6 is 0 Å². The standard InChI is InChI=1S/C18H26N4O/c1-3-10-20-18(19-2)21-13-16-12-17(23)22(14-16)11-9-15-7-5-4-6-8-15/h3-8,16H,1,9-14H2,2H3,(H2,19,20,21). The Labute approximate surface area is 138 Å². The molecule has 1 saturated heterocycles. The number of hydrogen-bond donors (Lipinski definition) is 2. The Morgan fingerprint density at radius 3 is 2.87 bits per heavy atom. The molecule has 0 aromatic heterocycles. The molecule has 1 amide bonds. The Morgan fingerprint density at radius 2 is 2.17 bits per heavy atom. The van der Waals surface area contributed by atoms with Crippen molar-refractivity contribution >= 4 is 11.9 Å². The van der Waals surface area contributed by atoms with E-state index in [0.29, 0.717) is 18.9 Å². The van der Waals surface area contributed by atoms with Crippen molar-refractivity contribution in [2.45, 2.75) is 12.8 Å². The molecule has 1 heterocycles. The van der Waals surface area contributed by atoms with Gasteiger partial charge < -0.3 is 15.5 Å². The minimum absolute atomic E-state index is 0.252. The van der Waals surface area contributed by atoms with Crippen molar-refractivity contribution in [1.82, 2.24) is 15.5 Å². The summed E-state index contributed by atoms with van der Waals surface area (Å²) in [5.74, 6) is 1.34. The first-order chi connectivity index (χ1) is 11.2. The largest absolute Gasteiger partial charge is 0.356 e. The van der Waals surface area contributed by atoms with Gasteiger partial charge in [0.2, 0.25) is 5.91 Å². The number of nitrogens with one attached hydrogen (secondary N) is 2. The van der Waals surface area contributed by atoms with Gasteiger partial charge in [0.1, 0.15) is 0 Å². The van der Waals surface area contributed by atoms with Crippen LogP contribution in [0.15, 0.2) is 48.0 Å². The summed E-state index contributed by atoms with van der Waals surface area (Å²) in [6.07, 6.45) is 3.31. The SMILES string of the molecule is C=CCNC(=NC)NCC1CC(=O)N(CCc2ccccc2)C1. The molecule has 23 heavy (non-hydrogen) atoms. The van der Waals surface area contributed by atoms with Crippen LogP contribution in [0, 0.1) is 5.92 Å². The van der Waals surface area contributed by atoms with Crippen molar-refractivity contribution in [3.05, 3.63) is 48.6 Å². The average molecular weight is 314 g/mol. The lowest BCUT2D eigenvalue weighted by molar-refractivity contribution is -0.127. The summed E-state index contributed by atoms with van der Waals surface area (Å²) in [6.45, 7) is 6.71. The van der Waals surface area contributed by atoms with E-state index in [-0.39, 0.29) is 5.91 Å². The normalized spacial score (nSPS) is 18.1. The molecule has 1 aliphatic rings. The van der Waals surface area contributed by atoms with Crippen molar-refractivity contribution < 1.29 is 4.79 Å². The number of likely N-dealkylation sites (tertiary alicyclic amines) is 1. The molecule has 0 radical (unpaired) electrons. The summed E-state index contributed by atoms with van der Waals surface area (Å²) < 4.78 is 0. The van der Waals surface area contributed by atoms with Crippen molar-refractivity contribution in [2.75, 3.05) is 33.2 Å². The second kappa shape index (κ2) is 8.98. The van der Waals surface area contributed by atoms with Gasteiger partial charge in [0, 0.05) is 45.6 Å². The fourth-order valence-corrected chi connectivity index (χ4v) is 2.75. The third-order valence-electron chi connectivity index (χ3n) is 4.00. The summed E-state index contributed by atoms with van der Waals surface area (Å²) in [5, 5.41) is 6.41. The number of amides is 1. The van der Waals surface area contributed by atoms with E-state index in [1.807, 2.05) is 23.1 Å². The number of carbonyl (C=O) groups excluding carboxylic acids is 1. The molecule has 1 fully saturated rings. The molecule has 1 unspecified atom stereocenters. The highest BCUT2D eigenvalue weighted by Crippen LogP contribution is 2.17. The molecule has 1 aromatic rings. The summed E-state index contributed by atoms with van der Waals surface area (Å²) in [6, 6.07) is 10.3. The fourth-order valence-electron chi connectivity index (χ4n) is 2.75. The van der Waals surface area contributed by atoms with Gasteiger partial charge in [-0.25, -0.2) is 0 Å². The topological polar surface area (TPSA) is 56.7 Å². The molecule has 5 heteroatoms. The molecule has 0 aliphatic carbocycles. The number of aliphatic imine (C=N–C) groups is 1. The third-order valence-corrected chi connectivity index (χ3v) is 4.00. The van der Waals surface area contributed by atoms with Crippen molar-refractivity contribution in [2.24, 2.45) is 10.9 Å². The number of hydrogen-bond acceptors (Lipinski definition) is 2. The second-order valence-corrected chi connectivity index (χ2v) is 5.77. The summed E-state index contributed by atoms with van der Waals surface area (Å²) in [5.41, 5.74) is 1.27. The smallest absolute Gasteiger partial charge is 0.223 e. The first kappa shape index (κ1) is 17.1. The zero-order valence-corrected chi connectivity index (χ0v) is 13.8. The number of nitrogens with zero attached hydrogens (tertiary/aromatic N) is 2. The lowest BCUT2D eigenvalue weighted by atomic mass is 10.1. The summed E-state index contributed by atoms with van der Waals surface area (Å²) >= 11 is 0. The predicted octanol–water partition coefficient (Wildman–Crippen LogP) is 1.43. The highest BCUT2D eigenvalue weighted by atomic mass is 16.2. The quantitative estimate of drug-likeness (QED) is 0.455. The molecular weight excluding hydrogens is 288 g/mol. The van der Waals surface area contributed by atoms with Crippen LogP contribution in [0.4, 0.5) is 0 Å². The highest BCUT2D eigenvalue weighted by Gasteiger charge is 2.29. The van der Waals surface area contributed by atoms with Gasteiger partial charge >= 0.3 is 0 Å². The molecule has 2 rings (SSSR count). The van der Waals surface area contributed by atoms with Crippen molar-refractivity contribution in [1.29, 1.82) is 0 Å². The van der Waals surface area contributed by atoms with Crippen molar-refractivity contribution in [3.8, 4) is 0 Å². The Morgan fingerprint density at radius 1 is 1.39 bits per heavy atom. The molecule has 0 bridgehead atoms. The van der Waals surface area contributed by atoms with Crippen LogP contribution < -0.4 is 10.6 Å². The van der Waals surface area contributed by atoms with Crippen LogP contribution in [0.1, 0.15) is 12.0 Å².